The van der Waals surface area contributed by atoms with Gasteiger partial charge in [-0.2, -0.15) is 0 Å². The highest BCUT2D eigenvalue weighted by atomic mass is 79.9. The molecule has 0 amide bonds. The van der Waals surface area contributed by atoms with Gasteiger partial charge in [0.05, 0.1) is 4.47 Å². The van der Waals surface area contributed by atoms with Gasteiger partial charge in [-0.1, -0.05) is 24.3 Å². The molecule has 0 aliphatic rings. The van der Waals surface area contributed by atoms with Gasteiger partial charge >= 0.3 is 0 Å². The molecule has 0 unspecified atom stereocenters. The summed E-state index contributed by atoms with van der Waals surface area (Å²) in [6.45, 7) is 3.91. The van der Waals surface area contributed by atoms with E-state index >= 15 is 0 Å². The van der Waals surface area contributed by atoms with Crippen LogP contribution in [0.25, 0.3) is 0 Å². The van der Waals surface area contributed by atoms with Gasteiger partial charge in [0.25, 0.3) is 0 Å². The number of nitrogens with one attached hydrogen (secondary N) is 1. The molecule has 2 aromatic carbocycles. The van der Waals surface area contributed by atoms with Crippen molar-refractivity contribution in [3.63, 3.8) is 0 Å². The minimum Gasteiger partial charge on any atom is -0.490 e. The van der Waals surface area contributed by atoms with Gasteiger partial charge in [-0.3, -0.25) is 0 Å². The molecule has 4 heteroatoms. The van der Waals surface area contributed by atoms with Crippen molar-refractivity contribution in [2.45, 2.75) is 13.5 Å². The summed E-state index contributed by atoms with van der Waals surface area (Å²) in [5, 5.41) is 3.12. The Balaban J connectivity index is 1.82. The highest BCUT2D eigenvalue weighted by Gasteiger charge is 2.03. The van der Waals surface area contributed by atoms with E-state index in [0.717, 1.165) is 28.1 Å². The number of rotatable bonds is 7. The fourth-order valence-electron chi connectivity index (χ4n) is 2.00. The molecule has 2 aromatic rings. The second kappa shape index (κ2) is 8.05. The van der Waals surface area contributed by atoms with E-state index in [2.05, 4.69) is 33.4 Å². The van der Waals surface area contributed by atoms with E-state index in [-0.39, 0.29) is 0 Å². The van der Waals surface area contributed by atoms with Crippen molar-refractivity contribution in [3.05, 3.63) is 58.1 Å². The first-order valence-electron chi connectivity index (χ1n) is 6.95. The summed E-state index contributed by atoms with van der Waals surface area (Å²) < 4.78 is 12.4. The highest BCUT2D eigenvalue weighted by Crippen LogP contribution is 2.26. The van der Waals surface area contributed by atoms with Crippen molar-refractivity contribution >= 4 is 15.9 Å². The van der Waals surface area contributed by atoms with E-state index in [1.165, 1.54) is 5.56 Å². The van der Waals surface area contributed by atoms with Gasteiger partial charge in [-0.15, -0.1) is 0 Å². The summed E-state index contributed by atoms with van der Waals surface area (Å²) >= 11 is 3.53. The molecule has 0 atom stereocenters. The first-order valence-corrected chi connectivity index (χ1v) is 7.74. The van der Waals surface area contributed by atoms with E-state index in [9.17, 15) is 0 Å². The van der Waals surface area contributed by atoms with Crippen LogP contribution in [0, 0.1) is 6.92 Å². The predicted molar refractivity (Wildman–Crippen MR) is 89.1 cm³/mol. The van der Waals surface area contributed by atoms with Crippen LogP contribution < -0.4 is 14.8 Å². The maximum absolute atomic E-state index is 5.74. The fraction of sp³-hybridized carbons (Fsp3) is 0.294. The highest BCUT2D eigenvalue weighted by molar-refractivity contribution is 9.10. The van der Waals surface area contributed by atoms with Crippen LogP contribution in [0.15, 0.2) is 46.9 Å². The molecule has 0 heterocycles. The molecule has 2 rings (SSSR count). The third-order valence-corrected chi connectivity index (χ3v) is 3.69. The first kappa shape index (κ1) is 15.9. The molecule has 0 saturated heterocycles. The van der Waals surface area contributed by atoms with Crippen LogP contribution in [0.1, 0.15) is 11.1 Å². The Morgan fingerprint density at radius 3 is 2.38 bits per heavy atom. The van der Waals surface area contributed by atoms with Crippen LogP contribution in [0.5, 0.6) is 11.5 Å². The topological polar surface area (TPSA) is 30.5 Å². The van der Waals surface area contributed by atoms with Crippen LogP contribution in [0.4, 0.5) is 0 Å². The lowest BCUT2D eigenvalue weighted by atomic mass is 10.2. The molecule has 112 valence electrons. The van der Waals surface area contributed by atoms with Crippen molar-refractivity contribution in [2.24, 2.45) is 0 Å². The predicted octanol–water partition coefficient (Wildman–Crippen LogP) is 3.93. The second-order valence-electron chi connectivity index (χ2n) is 4.76. The van der Waals surface area contributed by atoms with E-state index in [4.69, 9.17) is 9.47 Å². The van der Waals surface area contributed by atoms with Crippen molar-refractivity contribution in [3.8, 4) is 11.5 Å². The molecular formula is C17H20BrNO2. The zero-order chi connectivity index (χ0) is 15.1. The lowest BCUT2D eigenvalue weighted by molar-refractivity contribution is 0.215. The second-order valence-corrected chi connectivity index (χ2v) is 5.61. The largest absolute Gasteiger partial charge is 0.490 e. The first-order chi connectivity index (χ1) is 10.2. The Morgan fingerprint density at radius 1 is 1.00 bits per heavy atom. The van der Waals surface area contributed by atoms with E-state index < -0.39 is 0 Å². The van der Waals surface area contributed by atoms with Gasteiger partial charge < -0.3 is 14.8 Å². The molecule has 0 fully saturated rings. The summed E-state index contributed by atoms with van der Waals surface area (Å²) in [6, 6.07) is 14.1. The molecule has 3 nitrogen and oxygen atoms in total. The molecule has 1 N–H and O–H groups in total. The van der Waals surface area contributed by atoms with Gasteiger partial charge in [-0.05, 0) is 59.2 Å². The Hall–Kier alpha value is -1.52. The number of para-hydroxylation sites is 1. The zero-order valence-corrected chi connectivity index (χ0v) is 13.9. The summed E-state index contributed by atoms with van der Waals surface area (Å²) in [4.78, 5) is 0. The normalized spacial score (nSPS) is 10.4. The van der Waals surface area contributed by atoms with Crippen LogP contribution in [0.2, 0.25) is 0 Å². The van der Waals surface area contributed by atoms with E-state index in [1.807, 2.05) is 44.3 Å². The van der Waals surface area contributed by atoms with Crippen LogP contribution in [-0.2, 0) is 6.54 Å². The fourth-order valence-corrected chi connectivity index (χ4v) is 2.54. The van der Waals surface area contributed by atoms with Crippen molar-refractivity contribution in [2.75, 3.05) is 20.3 Å². The lowest BCUT2D eigenvalue weighted by Gasteiger charge is -2.12. The molecule has 0 aromatic heterocycles. The minimum atomic E-state index is 0.512. The van der Waals surface area contributed by atoms with Gasteiger partial charge in [-0.25, -0.2) is 0 Å². The van der Waals surface area contributed by atoms with Crippen molar-refractivity contribution < 1.29 is 9.47 Å². The molecule has 0 spiro atoms. The minimum absolute atomic E-state index is 0.512. The SMILES string of the molecule is CNCc1ccc(OCCOc2ccccc2C)c(Br)c1. The maximum atomic E-state index is 5.74. The lowest BCUT2D eigenvalue weighted by Crippen LogP contribution is -2.10. The molecule has 0 radical (unpaired) electrons. The Kier molecular flexibility index (Phi) is 6.08. The third-order valence-electron chi connectivity index (χ3n) is 3.07. The summed E-state index contributed by atoms with van der Waals surface area (Å²) in [6.07, 6.45) is 0. The van der Waals surface area contributed by atoms with E-state index in [1.54, 1.807) is 0 Å². The van der Waals surface area contributed by atoms with Gasteiger partial charge in [0.15, 0.2) is 0 Å². The van der Waals surface area contributed by atoms with Crippen molar-refractivity contribution in [1.82, 2.24) is 5.32 Å². The Morgan fingerprint density at radius 2 is 1.71 bits per heavy atom. The average molecular weight is 350 g/mol. The number of halogens is 1. The monoisotopic (exact) mass is 349 g/mol. The zero-order valence-electron chi connectivity index (χ0n) is 12.4. The quantitative estimate of drug-likeness (QED) is 0.768. The van der Waals surface area contributed by atoms with Gasteiger partial charge in [0.1, 0.15) is 24.7 Å². The molecule has 0 aliphatic carbocycles. The number of hydrogen-bond donors (Lipinski definition) is 1. The third kappa shape index (κ3) is 4.76. The molecule has 0 saturated carbocycles. The molecule has 0 aliphatic heterocycles. The molecular weight excluding hydrogens is 330 g/mol. The van der Waals surface area contributed by atoms with Crippen LogP contribution in [-0.4, -0.2) is 20.3 Å². The molecule has 0 bridgehead atoms. The summed E-state index contributed by atoms with van der Waals surface area (Å²) in [5.41, 5.74) is 2.35. The summed E-state index contributed by atoms with van der Waals surface area (Å²) in [7, 11) is 1.93. The smallest absolute Gasteiger partial charge is 0.133 e. The average Bonchev–Trinajstić information content (AvgIpc) is 2.47. The number of benzene rings is 2. The Bertz CT molecular complexity index is 587. The number of hydrogen-bond acceptors (Lipinski definition) is 3. The van der Waals surface area contributed by atoms with Gasteiger partial charge in [0, 0.05) is 6.54 Å². The van der Waals surface area contributed by atoms with E-state index in [0.29, 0.717) is 13.2 Å². The number of ether oxygens (including phenoxy) is 2. The molecule has 21 heavy (non-hydrogen) atoms. The van der Waals surface area contributed by atoms with Crippen LogP contribution >= 0.6 is 15.9 Å². The standard InChI is InChI=1S/C17H20BrNO2/c1-13-5-3-4-6-16(13)20-9-10-21-17-8-7-14(12-19-2)11-15(17)18/h3-8,11,19H,9-10,12H2,1-2H3. The Labute approximate surface area is 134 Å². The van der Waals surface area contributed by atoms with Crippen LogP contribution in [0.3, 0.4) is 0 Å². The van der Waals surface area contributed by atoms with Gasteiger partial charge in [0.2, 0.25) is 0 Å². The van der Waals surface area contributed by atoms with Crippen molar-refractivity contribution in [1.29, 1.82) is 0 Å². The maximum Gasteiger partial charge on any atom is 0.133 e. The number of aryl methyl sites for hydroxylation is 1. The summed E-state index contributed by atoms with van der Waals surface area (Å²) in [5.74, 6) is 1.74.